The fourth-order valence-electron chi connectivity index (χ4n) is 2.11. The summed E-state index contributed by atoms with van der Waals surface area (Å²) in [7, 11) is 1.38. The first kappa shape index (κ1) is 14.9. The highest BCUT2D eigenvalue weighted by molar-refractivity contribution is 9.10. The Bertz CT molecular complexity index is 621. The van der Waals surface area contributed by atoms with Crippen LogP contribution in [0.2, 0.25) is 0 Å². The molecule has 1 unspecified atom stereocenters. The van der Waals surface area contributed by atoms with Crippen LogP contribution in [0.5, 0.6) is 5.88 Å². The molecule has 106 valence electrons. The maximum atomic E-state index is 14.3. The maximum Gasteiger partial charge on any atom is 0.250 e. The number of hydrazine groups is 1. The van der Waals surface area contributed by atoms with Crippen molar-refractivity contribution in [3.8, 4) is 5.88 Å². The van der Waals surface area contributed by atoms with Crippen molar-refractivity contribution in [2.24, 2.45) is 5.84 Å². The van der Waals surface area contributed by atoms with E-state index >= 15 is 0 Å². The second kappa shape index (κ2) is 6.30. The lowest BCUT2D eigenvalue weighted by molar-refractivity contribution is 0.364. The molecule has 0 bridgehead atoms. The van der Waals surface area contributed by atoms with Gasteiger partial charge in [-0.25, -0.2) is 14.8 Å². The van der Waals surface area contributed by atoms with Gasteiger partial charge in [-0.3, -0.25) is 5.84 Å². The summed E-state index contributed by atoms with van der Waals surface area (Å²) in [6, 6.07) is 6.86. The molecule has 0 aliphatic carbocycles. The van der Waals surface area contributed by atoms with Gasteiger partial charge in [-0.15, -0.1) is 0 Å². The van der Waals surface area contributed by atoms with Gasteiger partial charge in [0.15, 0.2) is 5.82 Å². The van der Waals surface area contributed by atoms with Crippen molar-refractivity contribution >= 4 is 15.9 Å². The van der Waals surface area contributed by atoms with Crippen LogP contribution < -0.4 is 16.0 Å². The van der Waals surface area contributed by atoms with Crippen molar-refractivity contribution in [1.82, 2.24) is 10.4 Å². The Hall–Kier alpha value is -1.50. The highest BCUT2D eigenvalue weighted by atomic mass is 79.9. The zero-order valence-electron chi connectivity index (χ0n) is 11.2. The molecule has 2 aromatic rings. The van der Waals surface area contributed by atoms with Gasteiger partial charge in [0.1, 0.15) is 0 Å². The summed E-state index contributed by atoms with van der Waals surface area (Å²) >= 11 is 3.41. The number of hydrogen-bond donors (Lipinski definition) is 2. The van der Waals surface area contributed by atoms with E-state index in [0.717, 1.165) is 15.6 Å². The first-order chi connectivity index (χ1) is 9.58. The summed E-state index contributed by atoms with van der Waals surface area (Å²) in [5.74, 6) is 5.06. The highest BCUT2D eigenvalue weighted by Crippen LogP contribution is 2.30. The quantitative estimate of drug-likeness (QED) is 0.664. The molecule has 6 heteroatoms. The number of ether oxygens (including phenoxy) is 1. The molecular weight excluding hydrogens is 325 g/mol. The number of nitrogens with zero attached hydrogens (tertiary/aromatic N) is 1. The molecule has 0 spiro atoms. The van der Waals surface area contributed by atoms with Gasteiger partial charge in [0.25, 0.3) is 0 Å². The van der Waals surface area contributed by atoms with E-state index in [-0.39, 0.29) is 5.88 Å². The molecule has 3 N–H and O–H groups in total. The summed E-state index contributed by atoms with van der Waals surface area (Å²) in [6.07, 6.45) is 1.50. The van der Waals surface area contributed by atoms with Crippen molar-refractivity contribution in [2.75, 3.05) is 7.11 Å². The first-order valence-electron chi connectivity index (χ1n) is 5.99. The predicted octanol–water partition coefficient (Wildman–Crippen LogP) is 2.85. The Morgan fingerprint density at radius 3 is 2.70 bits per heavy atom. The molecular formula is C14H15BrFN3O. The fraction of sp³-hybridized carbons (Fsp3) is 0.214. The summed E-state index contributed by atoms with van der Waals surface area (Å²) in [4.78, 5) is 3.83. The summed E-state index contributed by atoms with van der Waals surface area (Å²) < 4.78 is 20.2. The van der Waals surface area contributed by atoms with Crippen LogP contribution in [0.3, 0.4) is 0 Å². The highest BCUT2D eigenvalue weighted by Gasteiger charge is 2.21. The van der Waals surface area contributed by atoms with E-state index in [4.69, 9.17) is 10.6 Å². The molecule has 0 amide bonds. The van der Waals surface area contributed by atoms with E-state index < -0.39 is 11.9 Å². The van der Waals surface area contributed by atoms with Gasteiger partial charge >= 0.3 is 0 Å². The molecule has 1 aromatic carbocycles. The summed E-state index contributed by atoms with van der Waals surface area (Å²) in [6.45, 7) is 1.95. The second-order valence-electron chi connectivity index (χ2n) is 4.32. The standard InChI is InChI=1S/C14H15BrFN3O/c1-8-7-9(15)3-4-10(8)13(19-17)11-5-6-18-14(20-2)12(11)16/h3-7,13,19H,17H2,1-2H3. The zero-order chi connectivity index (χ0) is 14.7. The normalized spacial score (nSPS) is 12.2. The lowest BCUT2D eigenvalue weighted by atomic mass is 9.96. The van der Waals surface area contributed by atoms with Crippen LogP contribution in [0.4, 0.5) is 4.39 Å². The number of aryl methyl sites for hydroxylation is 1. The van der Waals surface area contributed by atoms with Crippen molar-refractivity contribution in [1.29, 1.82) is 0 Å². The van der Waals surface area contributed by atoms with Gasteiger partial charge in [0.05, 0.1) is 13.2 Å². The molecule has 0 saturated carbocycles. The number of rotatable bonds is 4. The van der Waals surface area contributed by atoms with E-state index in [0.29, 0.717) is 5.56 Å². The molecule has 1 heterocycles. The van der Waals surface area contributed by atoms with Crippen molar-refractivity contribution in [2.45, 2.75) is 13.0 Å². The Labute approximate surface area is 125 Å². The number of benzene rings is 1. The smallest absolute Gasteiger partial charge is 0.250 e. The second-order valence-corrected chi connectivity index (χ2v) is 5.24. The van der Waals surface area contributed by atoms with Crippen LogP contribution >= 0.6 is 15.9 Å². The number of aromatic nitrogens is 1. The molecule has 1 atom stereocenters. The fourth-order valence-corrected chi connectivity index (χ4v) is 2.59. The van der Waals surface area contributed by atoms with Gasteiger partial charge in [-0.05, 0) is 36.2 Å². The molecule has 0 aliphatic heterocycles. The van der Waals surface area contributed by atoms with Crippen molar-refractivity contribution < 1.29 is 9.13 Å². The van der Waals surface area contributed by atoms with Crippen molar-refractivity contribution in [3.63, 3.8) is 0 Å². The molecule has 1 aromatic heterocycles. The van der Waals surface area contributed by atoms with Gasteiger partial charge < -0.3 is 4.74 Å². The molecule has 4 nitrogen and oxygen atoms in total. The number of nitrogens with two attached hydrogens (primary N) is 1. The molecule has 0 saturated heterocycles. The molecule has 20 heavy (non-hydrogen) atoms. The third-order valence-corrected chi connectivity index (χ3v) is 3.59. The van der Waals surface area contributed by atoms with E-state index in [2.05, 4.69) is 26.3 Å². The van der Waals surface area contributed by atoms with Gasteiger partial charge in [-0.2, -0.15) is 0 Å². The molecule has 0 aliphatic rings. The van der Waals surface area contributed by atoms with Crippen LogP contribution in [0.15, 0.2) is 34.9 Å². The minimum absolute atomic E-state index is 0.0440. The Kier molecular flexibility index (Phi) is 4.69. The van der Waals surface area contributed by atoms with Crippen LogP contribution in [0.1, 0.15) is 22.7 Å². The monoisotopic (exact) mass is 339 g/mol. The van der Waals surface area contributed by atoms with Gasteiger partial charge in [0, 0.05) is 16.2 Å². The number of pyridine rings is 1. The number of halogens is 2. The van der Waals surface area contributed by atoms with Gasteiger partial charge in [0.2, 0.25) is 5.88 Å². The Balaban J connectivity index is 2.52. The first-order valence-corrected chi connectivity index (χ1v) is 6.78. The topological polar surface area (TPSA) is 60.2 Å². The predicted molar refractivity (Wildman–Crippen MR) is 78.8 cm³/mol. The Morgan fingerprint density at radius 2 is 2.10 bits per heavy atom. The summed E-state index contributed by atoms with van der Waals surface area (Å²) in [5.41, 5.74) is 4.93. The summed E-state index contributed by atoms with van der Waals surface area (Å²) in [5, 5.41) is 0. The minimum Gasteiger partial charge on any atom is -0.479 e. The Morgan fingerprint density at radius 1 is 1.35 bits per heavy atom. The van der Waals surface area contributed by atoms with Crippen molar-refractivity contribution in [3.05, 3.63) is 57.4 Å². The van der Waals surface area contributed by atoms with E-state index in [9.17, 15) is 4.39 Å². The van der Waals surface area contributed by atoms with Crippen LogP contribution in [0.25, 0.3) is 0 Å². The van der Waals surface area contributed by atoms with Crippen LogP contribution in [0, 0.1) is 12.7 Å². The van der Waals surface area contributed by atoms with E-state index in [1.807, 2.05) is 25.1 Å². The molecule has 2 rings (SSSR count). The average molecular weight is 340 g/mol. The number of methoxy groups -OCH3 is 1. The zero-order valence-corrected chi connectivity index (χ0v) is 12.7. The maximum absolute atomic E-state index is 14.3. The lowest BCUT2D eigenvalue weighted by Gasteiger charge is -2.20. The molecule has 0 fully saturated rings. The number of nitrogens with one attached hydrogen (secondary N) is 1. The lowest BCUT2D eigenvalue weighted by Crippen LogP contribution is -2.30. The van der Waals surface area contributed by atoms with E-state index in [1.54, 1.807) is 6.07 Å². The average Bonchev–Trinajstić information content (AvgIpc) is 2.43. The largest absolute Gasteiger partial charge is 0.479 e. The third-order valence-electron chi connectivity index (χ3n) is 3.10. The SMILES string of the molecule is COc1nccc(C(NN)c2ccc(Br)cc2C)c1F. The van der Waals surface area contributed by atoms with Crippen LogP contribution in [-0.2, 0) is 0 Å². The minimum atomic E-state index is -0.514. The van der Waals surface area contributed by atoms with E-state index in [1.165, 1.54) is 13.3 Å². The van der Waals surface area contributed by atoms with Crippen LogP contribution in [-0.4, -0.2) is 12.1 Å². The molecule has 0 radical (unpaired) electrons. The third kappa shape index (κ3) is 2.82. The van der Waals surface area contributed by atoms with Gasteiger partial charge in [-0.1, -0.05) is 22.0 Å². The number of hydrogen-bond acceptors (Lipinski definition) is 4.